The molecular formula is C12H11BrN2O5. The number of rotatable bonds is 3. The topological polar surface area (TPSA) is 79.1 Å². The summed E-state index contributed by atoms with van der Waals surface area (Å²) in [4.78, 5) is 23.7. The van der Waals surface area contributed by atoms with E-state index in [2.05, 4.69) is 25.8 Å². The standard InChI is InChI=1S/C12H11BrN2O5/c1-18-8-5-6(13)4-7-9(11(16)19-2)10(12(17)20-3)14-15(7)8/h4-5H,1-3H3. The van der Waals surface area contributed by atoms with E-state index < -0.39 is 11.9 Å². The van der Waals surface area contributed by atoms with Gasteiger partial charge in [-0.1, -0.05) is 15.9 Å². The van der Waals surface area contributed by atoms with Crippen molar-refractivity contribution in [2.75, 3.05) is 21.3 Å². The van der Waals surface area contributed by atoms with Crippen LogP contribution in [0.3, 0.4) is 0 Å². The average molecular weight is 343 g/mol. The van der Waals surface area contributed by atoms with Crippen LogP contribution in [0, 0.1) is 0 Å². The maximum absolute atomic E-state index is 11.9. The van der Waals surface area contributed by atoms with E-state index in [-0.39, 0.29) is 11.3 Å². The van der Waals surface area contributed by atoms with Crippen molar-refractivity contribution in [2.45, 2.75) is 0 Å². The third-order valence-corrected chi connectivity index (χ3v) is 3.10. The van der Waals surface area contributed by atoms with Crippen molar-refractivity contribution >= 4 is 33.4 Å². The molecule has 2 rings (SSSR count). The van der Waals surface area contributed by atoms with Crippen LogP contribution in [0.2, 0.25) is 0 Å². The first-order valence-electron chi connectivity index (χ1n) is 5.46. The van der Waals surface area contributed by atoms with Crippen molar-refractivity contribution in [3.8, 4) is 5.88 Å². The SMILES string of the molecule is COC(=O)c1nn2c(OC)cc(Br)cc2c1C(=O)OC. The number of hydrogen-bond acceptors (Lipinski definition) is 6. The largest absolute Gasteiger partial charge is 0.481 e. The number of ether oxygens (including phenoxy) is 3. The van der Waals surface area contributed by atoms with Gasteiger partial charge >= 0.3 is 11.9 Å². The second-order valence-corrected chi connectivity index (χ2v) is 4.64. The van der Waals surface area contributed by atoms with Crippen LogP contribution in [0.5, 0.6) is 5.88 Å². The molecule has 0 saturated carbocycles. The number of aromatic nitrogens is 2. The Bertz CT molecular complexity index is 695. The van der Waals surface area contributed by atoms with Gasteiger partial charge in [-0.25, -0.2) is 9.59 Å². The number of halogens is 1. The molecule has 0 aliphatic carbocycles. The first-order valence-corrected chi connectivity index (χ1v) is 6.25. The lowest BCUT2D eigenvalue weighted by atomic mass is 10.2. The van der Waals surface area contributed by atoms with Gasteiger partial charge in [0.25, 0.3) is 0 Å². The minimum Gasteiger partial charge on any atom is -0.481 e. The maximum atomic E-state index is 11.9. The van der Waals surface area contributed by atoms with Crippen molar-refractivity contribution in [1.29, 1.82) is 0 Å². The van der Waals surface area contributed by atoms with E-state index in [1.54, 1.807) is 12.1 Å². The highest BCUT2D eigenvalue weighted by Gasteiger charge is 2.27. The Morgan fingerprint density at radius 2 is 1.80 bits per heavy atom. The van der Waals surface area contributed by atoms with Gasteiger partial charge in [0.05, 0.1) is 26.8 Å². The smallest absolute Gasteiger partial charge is 0.359 e. The monoisotopic (exact) mass is 342 g/mol. The molecule has 0 N–H and O–H groups in total. The molecule has 0 bridgehead atoms. The van der Waals surface area contributed by atoms with Crippen LogP contribution in [0.25, 0.3) is 5.52 Å². The first kappa shape index (κ1) is 14.3. The number of esters is 2. The zero-order valence-corrected chi connectivity index (χ0v) is 12.6. The number of methoxy groups -OCH3 is 3. The van der Waals surface area contributed by atoms with E-state index in [9.17, 15) is 9.59 Å². The molecule has 0 aromatic carbocycles. The molecule has 8 heteroatoms. The number of carbonyl (C=O) groups is 2. The predicted octanol–water partition coefficient (Wildman–Crippen LogP) is 1.68. The Labute approximate surface area is 122 Å². The molecule has 20 heavy (non-hydrogen) atoms. The van der Waals surface area contributed by atoms with Crippen LogP contribution in [0.1, 0.15) is 20.8 Å². The fourth-order valence-corrected chi connectivity index (χ4v) is 2.18. The summed E-state index contributed by atoms with van der Waals surface area (Å²) in [7, 11) is 3.89. The molecule has 0 radical (unpaired) electrons. The molecule has 106 valence electrons. The number of fused-ring (bicyclic) bond motifs is 1. The number of pyridine rings is 1. The van der Waals surface area contributed by atoms with Gasteiger partial charge in [0, 0.05) is 10.5 Å². The van der Waals surface area contributed by atoms with Gasteiger partial charge in [0.2, 0.25) is 5.88 Å². The van der Waals surface area contributed by atoms with Crippen LogP contribution in [0.15, 0.2) is 16.6 Å². The molecule has 0 aliphatic rings. The summed E-state index contributed by atoms with van der Waals surface area (Å²) < 4.78 is 16.5. The molecule has 0 fully saturated rings. The zero-order valence-electron chi connectivity index (χ0n) is 11.0. The third kappa shape index (κ3) is 2.22. The normalized spacial score (nSPS) is 10.4. The van der Waals surface area contributed by atoms with Crippen molar-refractivity contribution in [3.63, 3.8) is 0 Å². The lowest BCUT2D eigenvalue weighted by Gasteiger charge is -2.04. The number of nitrogens with zero attached hydrogens (tertiary/aromatic N) is 2. The molecule has 0 aliphatic heterocycles. The Morgan fingerprint density at radius 1 is 1.15 bits per heavy atom. The quantitative estimate of drug-likeness (QED) is 0.789. The lowest BCUT2D eigenvalue weighted by molar-refractivity contribution is 0.0553. The van der Waals surface area contributed by atoms with Gasteiger partial charge in [0.15, 0.2) is 5.69 Å². The van der Waals surface area contributed by atoms with E-state index in [1.165, 1.54) is 25.8 Å². The molecule has 0 saturated heterocycles. The van der Waals surface area contributed by atoms with Crippen LogP contribution >= 0.6 is 15.9 Å². The summed E-state index contributed by atoms with van der Waals surface area (Å²) in [6.07, 6.45) is 0. The summed E-state index contributed by atoms with van der Waals surface area (Å²) >= 11 is 3.30. The molecule has 0 atom stereocenters. The van der Waals surface area contributed by atoms with E-state index in [0.717, 1.165) is 0 Å². The highest BCUT2D eigenvalue weighted by Crippen LogP contribution is 2.27. The Morgan fingerprint density at radius 3 is 2.35 bits per heavy atom. The minimum atomic E-state index is -0.729. The second kappa shape index (κ2) is 5.49. The van der Waals surface area contributed by atoms with Crippen molar-refractivity contribution in [2.24, 2.45) is 0 Å². The molecule has 0 amide bonds. The van der Waals surface area contributed by atoms with Gasteiger partial charge in [-0.2, -0.15) is 9.61 Å². The second-order valence-electron chi connectivity index (χ2n) is 3.72. The van der Waals surface area contributed by atoms with E-state index in [4.69, 9.17) is 9.47 Å². The van der Waals surface area contributed by atoms with Gasteiger partial charge in [-0.3, -0.25) is 0 Å². The summed E-state index contributed by atoms with van der Waals surface area (Å²) in [6.45, 7) is 0. The summed E-state index contributed by atoms with van der Waals surface area (Å²) in [5.41, 5.74) is 0.276. The van der Waals surface area contributed by atoms with Crippen LogP contribution in [0.4, 0.5) is 0 Å². The van der Waals surface area contributed by atoms with Crippen molar-refractivity contribution < 1.29 is 23.8 Å². The third-order valence-electron chi connectivity index (χ3n) is 2.64. The van der Waals surface area contributed by atoms with Gasteiger partial charge in [-0.15, -0.1) is 0 Å². The molecular weight excluding hydrogens is 332 g/mol. The fraction of sp³-hybridized carbons (Fsp3) is 0.250. The number of hydrogen-bond donors (Lipinski definition) is 0. The predicted molar refractivity (Wildman–Crippen MR) is 72.1 cm³/mol. The molecule has 2 heterocycles. The highest BCUT2D eigenvalue weighted by atomic mass is 79.9. The summed E-state index contributed by atoms with van der Waals surface area (Å²) in [6, 6.07) is 3.29. The maximum Gasteiger partial charge on any atom is 0.359 e. The molecule has 2 aromatic rings. The summed E-state index contributed by atoms with van der Waals surface area (Å²) in [5.74, 6) is -1.05. The van der Waals surface area contributed by atoms with Gasteiger partial charge in [0.1, 0.15) is 5.56 Å². The van der Waals surface area contributed by atoms with Crippen molar-refractivity contribution in [3.05, 3.63) is 27.9 Å². The van der Waals surface area contributed by atoms with Crippen LogP contribution in [-0.2, 0) is 9.47 Å². The molecule has 2 aromatic heterocycles. The van der Waals surface area contributed by atoms with Gasteiger partial charge < -0.3 is 14.2 Å². The van der Waals surface area contributed by atoms with E-state index in [1.807, 2.05) is 0 Å². The first-order chi connectivity index (χ1) is 9.53. The van der Waals surface area contributed by atoms with Crippen LogP contribution < -0.4 is 4.74 Å². The number of carbonyl (C=O) groups excluding carboxylic acids is 2. The van der Waals surface area contributed by atoms with Gasteiger partial charge in [-0.05, 0) is 6.07 Å². The molecule has 7 nitrogen and oxygen atoms in total. The van der Waals surface area contributed by atoms with E-state index in [0.29, 0.717) is 15.9 Å². The Kier molecular flexibility index (Phi) is 3.93. The fourth-order valence-electron chi connectivity index (χ4n) is 1.77. The van der Waals surface area contributed by atoms with Crippen LogP contribution in [-0.4, -0.2) is 42.9 Å². The minimum absolute atomic E-state index is 0.0268. The van der Waals surface area contributed by atoms with E-state index >= 15 is 0 Å². The average Bonchev–Trinajstić information content (AvgIpc) is 2.83. The summed E-state index contributed by atoms with van der Waals surface area (Å²) in [5, 5.41) is 4.06. The Hall–Kier alpha value is -2.09. The lowest BCUT2D eigenvalue weighted by Crippen LogP contribution is -2.10. The Balaban J connectivity index is 2.86. The highest BCUT2D eigenvalue weighted by molar-refractivity contribution is 9.10. The van der Waals surface area contributed by atoms with Crippen molar-refractivity contribution in [1.82, 2.24) is 9.61 Å². The zero-order chi connectivity index (χ0) is 14.9. The molecule has 0 unspecified atom stereocenters. The molecule has 0 spiro atoms.